The van der Waals surface area contributed by atoms with Gasteiger partial charge in [0.05, 0.1) is 0 Å². The van der Waals surface area contributed by atoms with Crippen LogP contribution >= 0.6 is 0 Å². The molecule has 0 fully saturated rings. The molecule has 0 aliphatic rings. The quantitative estimate of drug-likeness (QED) is 0.0199. The summed E-state index contributed by atoms with van der Waals surface area (Å²) in [6.45, 7) is 6.44. The fourth-order valence-electron chi connectivity index (χ4n) is 8.11. The molecule has 1 unspecified atom stereocenters. The molecule has 0 amide bonds. The molecule has 0 saturated heterocycles. The predicted octanol–water partition coefficient (Wildman–Crippen LogP) is 19.5. The maximum absolute atomic E-state index is 12.9. The number of carbonyl (C=O) groups excluding carboxylic acids is 3. The van der Waals surface area contributed by atoms with Crippen molar-refractivity contribution in [2.45, 2.75) is 284 Å². The largest absolute Gasteiger partial charge is 0.462 e. The van der Waals surface area contributed by atoms with E-state index in [4.69, 9.17) is 14.2 Å². The van der Waals surface area contributed by atoms with Gasteiger partial charge in [-0.2, -0.15) is 0 Å². The Hall–Kier alpha value is -3.41. The van der Waals surface area contributed by atoms with Crippen molar-refractivity contribution in [1.82, 2.24) is 0 Å². The van der Waals surface area contributed by atoms with Gasteiger partial charge in [0.2, 0.25) is 0 Å². The highest BCUT2D eigenvalue weighted by Crippen LogP contribution is 2.15. The molecule has 0 radical (unpaired) electrons. The Kier molecular flexibility index (Phi) is 54.3. The minimum Gasteiger partial charge on any atom is -0.462 e. The fraction of sp³-hybridized carbons (Fsp3) is 0.730. The summed E-state index contributed by atoms with van der Waals surface area (Å²) in [6, 6.07) is 0. The van der Waals surface area contributed by atoms with Crippen LogP contribution in [0.15, 0.2) is 85.1 Å². The van der Waals surface area contributed by atoms with Gasteiger partial charge in [0, 0.05) is 19.3 Å². The van der Waals surface area contributed by atoms with E-state index in [9.17, 15) is 14.4 Å². The zero-order chi connectivity index (χ0) is 50.0. The molecule has 6 heteroatoms. The molecule has 69 heavy (non-hydrogen) atoms. The summed E-state index contributed by atoms with van der Waals surface area (Å²) in [4.78, 5) is 38.1. The van der Waals surface area contributed by atoms with Gasteiger partial charge in [-0.05, 0) is 83.5 Å². The Morgan fingerprint density at radius 3 is 0.971 bits per heavy atom. The van der Waals surface area contributed by atoms with E-state index in [1.807, 2.05) is 54.7 Å². The van der Waals surface area contributed by atoms with E-state index in [2.05, 4.69) is 51.2 Å². The number of ether oxygens (including phenoxy) is 3. The molecule has 0 spiro atoms. The SMILES string of the molecule is CC/C=C/C=C/C=C/C=C/C=C/CCCC(=O)OCC(COC(=O)CCCCCCCCC/C=C/CCCCCCCCCC)OC(=O)CCCCCCCCC/C=C/CCCCCCCCCC. The first kappa shape index (κ1) is 65.6. The maximum Gasteiger partial charge on any atom is 0.306 e. The summed E-state index contributed by atoms with van der Waals surface area (Å²) < 4.78 is 16.8. The monoisotopic (exact) mass is 961 g/mol. The molecule has 0 bridgehead atoms. The highest BCUT2D eigenvalue weighted by atomic mass is 16.6. The third kappa shape index (κ3) is 55.4. The molecule has 0 aromatic rings. The van der Waals surface area contributed by atoms with E-state index >= 15 is 0 Å². The van der Waals surface area contributed by atoms with Gasteiger partial charge in [-0.15, -0.1) is 0 Å². The van der Waals surface area contributed by atoms with E-state index in [0.717, 1.165) is 51.4 Å². The van der Waals surface area contributed by atoms with E-state index in [1.54, 1.807) is 0 Å². The summed E-state index contributed by atoms with van der Waals surface area (Å²) in [5.41, 5.74) is 0. The first-order valence-electron chi connectivity index (χ1n) is 29.2. The summed E-state index contributed by atoms with van der Waals surface area (Å²) in [7, 11) is 0. The number of allylic oxidation sites excluding steroid dienone is 14. The maximum atomic E-state index is 12.9. The Morgan fingerprint density at radius 1 is 0.304 bits per heavy atom. The summed E-state index contributed by atoms with van der Waals surface area (Å²) in [5.74, 6) is -0.982. The fourth-order valence-corrected chi connectivity index (χ4v) is 8.11. The molecule has 0 aromatic heterocycles. The van der Waals surface area contributed by atoms with Crippen LogP contribution in [0.3, 0.4) is 0 Å². The Bertz CT molecular complexity index is 1330. The van der Waals surface area contributed by atoms with E-state index in [1.165, 1.54) is 180 Å². The van der Waals surface area contributed by atoms with Crippen molar-refractivity contribution in [3.05, 3.63) is 85.1 Å². The van der Waals surface area contributed by atoms with E-state index in [0.29, 0.717) is 19.3 Å². The number of esters is 3. The van der Waals surface area contributed by atoms with Crippen molar-refractivity contribution < 1.29 is 28.6 Å². The second kappa shape index (κ2) is 57.2. The van der Waals surface area contributed by atoms with E-state index < -0.39 is 6.10 Å². The Morgan fingerprint density at radius 2 is 0.594 bits per heavy atom. The normalized spacial score (nSPS) is 12.7. The van der Waals surface area contributed by atoms with Gasteiger partial charge in [0.15, 0.2) is 6.10 Å². The zero-order valence-corrected chi connectivity index (χ0v) is 45.3. The molecule has 0 heterocycles. The second-order valence-corrected chi connectivity index (χ2v) is 19.3. The second-order valence-electron chi connectivity index (χ2n) is 19.3. The topological polar surface area (TPSA) is 78.9 Å². The van der Waals surface area contributed by atoms with Gasteiger partial charge in [0.25, 0.3) is 0 Å². The van der Waals surface area contributed by atoms with Crippen LogP contribution in [0.4, 0.5) is 0 Å². The van der Waals surface area contributed by atoms with Gasteiger partial charge >= 0.3 is 17.9 Å². The lowest BCUT2D eigenvalue weighted by Crippen LogP contribution is -2.30. The zero-order valence-electron chi connectivity index (χ0n) is 45.3. The molecule has 0 rings (SSSR count). The average Bonchev–Trinajstić information content (AvgIpc) is 3.35. The van der Waals surface area contributed by atoms with Crippen molar-refractivity contribution in [3.8, 4) is 0 Å². The molecule has 396 valence electrons. The van der Waals surface area contributed by atoms with Crippen LogP contribution in [0.2, 0.25) is 0 Å². The Labute approximate surface area is 426 Å². The van der Waals surface area contributed by atoms with Crippen molar-refractivity contribution >= 4 is 17.9 Å². The molecule has 0 aromatic carbocycles. The number of unbranched alkanes of at least 4 members (excludes halogenated alkanes) is 31. The van der Waals surface area contributed by atoms with Gasteiger partial charge < -0.3 is 14.2 Å². The summed E-state index contributed by atoms with van der Waals surface area (Å²) in [5, 5.41) is 0. The molecule has 0 aliphatic carbocycles. The molecule has 1 atom stereocenters. The molecular formula is C63H108O6. The van der Waals surface area contributed by atoms with Crippen LogP contribution in [-0.4, -0.2) is 37.2 Å². The standard InChI is InChI=1S/C63H108O6/c1-4-7-10-13-16-19-22-25-27-29-31-33-35-38-41-44-47-50-53-56-62(65)68-59-60(58-67-61(64)55-52-49-46-43-40-37-24-21-18-15-12-9-6-3)69-63(66)57-54-51-48-45-42-39-36-34-32-30-28-26-23-20-17-14-11-8-5-2/h9,12,15,18,21,24,29-32,37,40,43,46,60H,4-8,10-11,13-14,16-17,19-20,22-23,25-28,33-36,38-39,41-42,44-45,47-59H2,1-3H3/b12-9+,18-15+,24-21+,31-29+,32-30+,40-37+,46-43+. The van der Waals surface area contributed by atoms with Gasteiger partial charge in [0.1, 0.15) is 13.2 Å². The number of carbonyl (C=O) groups is 3. The minimum atomic E-state index is -0.810. The van der Waals surface area contributed by atoms with Gasteiger partial charge in [-0.25, -0.2) is 0 Å². The number of hydrogen-bond donors (Lipinski definition) is 0. The van der Waals surface area contributed by atoms with Gasteiger partial charge in [-0.1, -0.05) is 260 Å². The highest BCUT2D eigenvalue weighted by molar-refractivity contribution is 5.71. The summed E-state index contributed by atoms with van der Waals surface area (Å²) in [6.07, 6.45) is 74.5. The van der Waals surface area contributed by atoms with Crippen LogP contribution in [0.5, 0.6) is 0 Å². The third-order valence-electron chi connectivity index (χ3n) is 12.5. The summed E-state index contributed by atoms with van der Waals surface area (Å²) >= 11 is 0. The van der Waals surface area contributed by atoms with E-state index in [-0.39, 0.29) is 37.5 Å². The van der Waals surface area contributed by atoms with Crippen LogP contribution in [0, 0.1) is 0 Å². The number of rotatable bonds is 52. The average molecular weight is 962 g/mol. The van der Waals surface area contributed by atoms with Gasteiger partial charge in [-0.3, -0.25) is 14.4 Å². The molecular weight excluding hydrogens is 853 g/mol. The molecule has 6 nitrogen and oxygen atoms in total. The van der Waals surface area contributed by atoms with Crippen molar-refractivity contribution in [1.29, 1.82) is 0 Å². The molecule has 0 aliphatic heterocycles. The van der Waals surface area contributed by atoms with Crippen LogP contribution in [0.1, 0.15) is 278 Å². The smallest absolute Gasteiger partial charge is 0.306 e. The third-order valence-corrected chi connectivity index (χ3v) is 12.5. The lowest BCUT2D eigenvalue weighted by molar-refractivity contribution is -0.167. The lowest BCUT2D eigenvalue weighted by Gasteiger charge is -2.18. The van der Waals surface area contributed by atoms with Crippen molar-refractivity contribution in [2.24, 2.45) is 0 Å². The predicted molar refractivity (Wildman–Crippen MR) is 297 cm³/mol. The lowest BCUT2D eigenvalue weighted by atomic mass is 10.1. The van der Waals surface area contributed by atoms with Crippen molar-refractivity contribution in [2.75, 3.05) is 13.2 Å². The molecule has 0 N–H and O–H groups in total. The van der Waals surface area contributed by atoms with Crippen LogP contribution in [-0.2, 0) is 28.6 Å². The molecule has 0 saturated carbocycles. The Balaban J connectivity index is 4.42. The first-order valence-corrected chi connectivity index (χ1v) is 29.2. The first-order chi connectivity index (χ1) is 34.0. The van der Waals surface area contributed by atoms with Crippen LogP contribution < -0.4 is 0 Å². The number of hydrogen-bond acceptors (Lipinski definition) is 6. The van der Waals surface area contributed by atoms with Crippen LogP contribution in [0.25, 0.3) is 0 Å². The minimum absolute atomic E-state index is 0.103. The highest BCUT2D eigenvalue weighted by Gasteiger charge is 2.19. The van der Waals surface area contributed by atoms with Crippen molar-refractivity contribution in [3.63, 3.8) is 0 Å².